The molecule has 19 heavy (non-hydrogen) atoms. The van der Waals surface area contributed by atoms with Crippen LogP contribution in [0, 0.1) is 5.82 Å². The number of aromatic nitrogens is 3. The quantitative estimate of drug-likeness (QED) is 0.767. The highest BCUT2D eigenvalue weighted by atomic mass is 32.1. The first-order valence-corrected chi connectivity index (χ1v) is 6.67. The van der Waals surface area contributed by atoms with Crippen LogP contribution < -0.4 is 5.32 Å². The second kappa shape index (κ2) is 5.19. The number of imidazole rings is 1. The molecule has 0 spiro atoms. The standard InChI is InChI=1S/C13H11FN4S/c14-11-2-1-3-16-13(11)10-6-19-7-12(10)17-5-9-4-15-8-18-9/h1-4,6-8,17H,5H2,(H,15,18). The van der Waals surface area contributed by atoms with Gasteiger partial charge in [-0.05, 0) is 12.1 Å². The summed E-state index contributed by atoms with van der Waals surface area (Å²) in [7, 11) is 0. The monoisotopic (exact) mass is 274 g/mol. The Morgan fingerprint density at radius 1 is 1.37 bits per heavy atom. The van der Waals surface area contributed by atoms with E-state index in [0.717, 1.165) is 16.9 Å². The Morgan fingerprint density at radius 3 is 3.11 bits per heavy atom. The van der Waals surface area contributed by atoms with Crippen molar-refractivity contribution in [2.75, 3.05) is 5.32 Å². The van der Waals surface area contributed by atoms with E-state index in [0.29, 0.717) is 12.2 Å². The Balaban J connectivity index is 1.84. The van der Waals surface area contributed by atoms with Crippen LogP contribution in [-0.2, 0) is 6.54 Å². The maximum Gasteiger partial charge on any atom is 0.149 e. The minimum atomic E-state index is -0.314. The number of aromatic amines is 1. The Hall–Kier alpha value is -2.21. The zero-order chi connectivity index (χ0) is 13.1. The highest BCUT2D eigenvalue weighted by Crippen LogP contribution is 2.32. The molecule has 0 unspecified atom stereocenters. The first-order chi connectivity index (χ1) is 9.34. The van der Waals surface area contributed by atoms with Crippen molar-refractivity contribution < 1.29 is 4.39 Å². The Kier molecular flexibility index (Phi) is 3.24. The molecule has 0 amide bonds. The van der Waals surface area contributed by atoms with E-state index in [4.69, 9.17) is 0 Å². The second-order valence-corrected chi connectivity index (χ2v) is 4.71. The Labute approximate surface area is 113 Å². The molecular weight excluding hydrogens is 263 g/mol. The number of H-pyrrole nitrogens is 1. The molecule has 0 radical (unpaired) electrons. The highest BCUT2D eigenvalue weighted by Gasteiger charge is 2.11. The predicted molar refractivity (Wildman–Crippen MR) is 73.4 cm³/mol. The first-order valence-electron chi connectivity index (χ1n) is 5.73. The number of nitrogens with one attached hydrogen (secondary N) is 2. The SMILES string of the molecule is Fc1cccnc1-c1cscc1NCc1cnc[nH]1. The minimum Gasteiger partial charge on any atom is -0.378 e. The van der Waals surface area contributed by atoms with Crippen molar-refractivity contribution in [3.8, 4) is 11.3 Å². The van der Waals surface area contributed by atoms with Crippen LogP contribution in [0.2, 0.25) is 0 Å². The molecular formula is C13H11FN4S. The number of pyridine rings is 1. The molecule has 3 heterocycles. The summed E-state index contributed by atoms with van der Waals surface area (Å²) in [6.07, 6.45) is 4.97. The van der Waals surface area contributed by atoms with Gasteiger partial charge >= 0.3 is 0 Å². The van der Waals surface area contributed by atoms with Crippen LogP contribution in [0.15, 0.2) is 41.6 Å². The number of hydrogen-bond donors (Lipinski definition) is 2. The van der Waals surface area contributed by atoms with Crippen LogP contribution in [0.1, 0.15) is 5.69 Å². The van der Waals surface area contributed by atoms with Crippen molar-refractivity contribution in [1.29, 1.82) is 0 Å². The minimum absolute atomic E-state index is 0.314. The van der Waals surface area contributed by atoms with E-state index in [1.54, 1.807) is 24.8 Å². The summed E-state index contributed by atoms with van der Waals surface area (Å²) < 4.78 is 13.7. The van der Waals surface area contributed by atoms with Crippen LogP contribution in [0.25, 0.3) is 11.3 Å². The van der Waals surface area contributed by atoms with Crippen LogP contribution in [0.3, 0.4) is 0 Å². The molecule has 0 atom stereocenters. The van der Waals surface area contributed by atoms with Crippen molar-refractivity contribution in [2.24, 2.45) is 0 Å². The van der Waals surface area contributed by atoms with E-state index in [9.17, 15) is 4.39 Å². The fourth-order valence-electron chi connectivity index (χ4n) is 1.77. The van der Waals surface area contributed by atoms with Crippen molar-refractivity contribution in [3.63, 3.8) is 0 Å². The van der Waals surface area contributed by atoms with Gasteiger partial charge in [0.2, 0.25) is 0 Å². The predicted octanol–water partition coefficient (Wildman–Crippen LogP) is 3.28. The van der Waals surface area contributed by atoms with Crippen LogP contribution in [-0.4, -0.2) is 15.0 Å². The average molecular weight is 274 g/mol. The van der Waals surface area contributed by atoms with Crippen LogP contribution >= 0.6 is 11.3 Å². The molecule has 0 saturated heterocycles. The highest BCUT2D eigenvalue weighted by molar-refractivity contribution is 7.08. The summed E-state index contributed by atoms with van der Waals surface area (Å²) in [6.45, 7) is 0.609. The van der Waals surface area contributed by atoms with Gasteiger partial charge in [0.15, 0.2) is 0 Å². The van der Waals surface area contributed by atoms with Gasteiger partial charge in [0.25, 0.3) is 0 Å². The molecule has 0 fully saturated rings. The maximum atomic E-state index is 13.7. The third-order valence-electron chi connectivity index (χ3n) is 2.70. The average Bonchev–Trinajstić information content (AvgIpc) is 3.08. The molecule has 3 aromatic heterocycles. The van der Waals surface area contributed by atoms with Gasteiger partial charge < -0.3 is 10.3 Å². The number of anilines is 1. The van der Waals surface area contributed by atoms with Gasteiger partial charge in [0.1, 0.15) is 11.5 Å². The van der Waals surface area contributed by atoms with E-state index < -0.39 is 0 Å². The number of halogens is 1. The second-order valence-electron chi connectivity index (χ2n) is 3.96. The Morgan fingerprint density at radius 2 is 2.32 bits per heavy atom. The molecule has 6 heteroatoms. The maximum absolute atomic E-state index is 13.7. The number of thiophene rings is 1. The lowest BCUT2D eigenvalue weighted by molar-refractivity contribution is 0.626. The molecule has 0 aliphatic carbocycles. The zero-order valence-electron chi connectivity index (χ0n) is 9.93. The summed E-state index contributed by atoms with van der Waals surface area (Å²) in [6, 6.07) is 3.00. The molecule has 2 N–H and O–H groups in total. The summed E-state index contributed by atoms with van der Waals surface area (Å²) in [4.78, 5) is 11.1. The smallest absolute Gasteiger partial charge is 0.149 e. The lowest BCUT2D eigenvalue weighted by Crippen LogP contribution is -2.00. The van der Waals surface area contributed by atoms with Crippen LogP contribution in [0.5, 0.6) is 0 Å². The first kappa shape index (κ1) is 11.9. The third-order valence-corrected chi connectivity index (χ3v) is 3.44. The lowest BCUT2D eigenvalue weighted by atomic mass is 10.2. The van der Waals surface area contributed by atoms with Gasteiger partial charge in [-0.2, -0.15) is 0 Å². The van der Waals surface area contributed by atoms with Gasteiger partial charge in [-0.1, -0.05) is 0 Å². The molecule has 0 saturated carbocycles. The van der Waals surface area contributed by atoms with E-state index in [1.165, 1.54) is 17.4 Å². The van der Waals surface area contributed by atoms with E-state index >= 15 is 0 Å². The van der Waals surface area contributed by atoms with Crippen molar-refractivity contribution >= 4 is 17.0 Å². The molecule has 3 rings (SSSR count). The fourth-order valence-corrected chi connectivity index (χ4v) is 2.56. The molecule has 3 aromatic rings. The van der Waals surface area contributed by atoms with Gasteiger partial charge in [0.05, 0.1) is 24.3 Å². The zero-order valence-corrected chi connectivity index (χ0v) is 10.7. The molecule has 0 aliphatic heterocycles. The number of nitrogens with zero attached hydrogens (tertiary/aromatic N) is 2. The van der Waals surface area contributed by atoms with Gasteiger partial charge in [-0.3, -0.25) is 4.98 Å². The fraction of sp³-hybridized carbons (Fsp3) is 0.0769. The lowest BCUT2D eigenvalue weighted by Gasteiger charge is -2.06. The van der Waals surface area contributed by atoms with E-state index in [-0.39, 0.29) is 5.82 Å². The summed E-state index contributed by atoms with van der Waals surface area (Å²) in [5.74, 6) is -0.314. The molecule has 4 nitrogen and oxygen atoms in total. The van der Waals surface area contributed by atoms with E-state index in [1.807, 2.05) is 10.8 Å². The number of rotatable bonds is 4. The summed E-state index contributed by atoms with van der Waals surface area (Å²) in [5, 5.41) is 7.09. The topological polar surface area (TPSA) is 53.6 Å². The molecule has 96 valence electrons. The van der Waals surface area contributed by atoms with Crippen molar-refractivity contribution in [3.05, 3.63) is 53.1 Å². The van der Waals surface area contributed by atoms with Gasteiger partial charge in [-0.25, -0.2) is 9.37 Å². The summed E-state index contributed by atoms with van der Waals surface area (Å²) in [5.41, 5.74) is 2.99. The molecule has 0 aliphatic rings. The third kappa shape index (κ3) is 2.48. The van der Waals surface area contributed by atoms with Crippen molar-refractivity contribution in [2.45, 2.75) is 6.54 Å². The molecule has 0 bridgehead atoms. The van der Waals surface area contributed by atoms with Crippen molar-refractivity contribution in [1.82, 2.24) is 15.0 Å². The van der Waals surface area contributed by atoms with Crippen LogP contribution in [0.4, 0.5) is 10.1 Å². The Bertz CT molecular complexity index is 663. The molecule has 0 aromatic carbocycles. The van der Waals surface area contributed by atoms with Gasteiger partial charge in [0, 0.05) is 28.7 Å². The van der Waals surface area contributed by atoms with Gasteiger partial charge in [-0.15, -0.1) is 11.3 Å². The van der Waals surface area contributed by atoms with E-state index in [2.05, 4.69) is 20.3 Å². The number of hydrogen-bond acceptors (Lipinski definition) is 4. The summed E-state index contributed by atoms with van der Waals surface area (Å²) >= 11 is 1.51. The normalized spacial score (nSPS) is 10.6. The largest absolute Gasteiger partial charge is 0.378 e.